The Balaban J connectivity index is 1.31. The number of rotatable bonds is 4. The van der Waals surface area contributed by atoms with E-state index in [-0.39, 0.29) is 5.91 Å². The molecule has 2 aliphatic rings. The number of carbonyl (C=O) groups excluding carboxylic acids is 1. The van der Waals surface area contributed by atoms with Crippen LogP contribution in [-0.2, 0) is 6.54 Å². The molecule has 1 N–H and O–H groups in total. The summed E-state index contributed by atoms with van der Waals surface area (Å²) >= 11 is 0. The minimum absolute atomic E-state index is 0.123. The molecule has 3 heterocycles. The van der Waals surface area contributed by atoms with Gasteiger partial charge in [0.05, 0.1) is 6.54 Å². The zero-order valence-corrected chi connectivity index (χ0v) is 15.9. The molecule has 7 nitrogen and oxygen atoms in total. The molecule has 2 aliphatic heterocycles. The molecular weight excluding hydrogens is 342 g/mol. The molecule has 0 spiro atoms. The van der Waals surface area contributed by atoms with Crippen LogP contribution in [0.2, 0.25) is 0 Å². The fourth-order valence-electron chi connectivity index (χ4n) is 3.93. The van der Waals surface area contributed by atoms with Crippen molar-refractivity contribution in [2.45, 2.75) is 32.2 Å². The van der Waals surface area contributed by atoms with Gasteiger partial charge in [-0.2, -0.15) is 4.98 Å². The highest BCUT2D eigenvalue weighted by Crippen LogP contribution is 2.23. The second-order valence-electron chi connectivity index (χ2n) is 7.46. The van der Waals surface area contributed by atoms with Gasteiger partial charge in [0.25, 0.3) is 5.91 Å². The summed E-state index contributed by atoms with van der Waals surface area (Å²) in [6.07, 6.45) is 2.45. The molecule has 1 atom stereocenters. The second-order valence-corrected chi connectivity index (χ2v) is 7.46. The van der Waals surface area contributed by atoms with E-state index in [1.807, 2.05) is 17.0 Å². The molecule has 1 unspecified atom stereocenters. The van der Waals surface area contributed by atoms with E-state index >= 15 is 0 Å². The van der Waals surface area contributed by atoms with E-state index in [4.69, 9.17) is 4.52 Å². The Morgan fingerprint density at radius 1 is 1.22 bits per heavy atom. The van der Waals surface area contributed by atoms with Gasteiger partial charge in [-0.05, 0) is 43.0 Å². The van der Waals surface area contributed by atoms with Gasteiger partial charge in [-0.15, -0.1) is 0 Å². The van der Waals surface area contributed by atoms with Gasteiger partial charge >= 0.3 is 0 Å². The Morgan fingerprint density at radius 2 is 2.00 bits per heavy atom. The topological polar surface area (TPSA) is 74.5 Å². The minimum atomic E-state index is 0.123. The molecule has 1 amide bonds. The maximum absolute atomic E-state index is 12.8. The van der Waals surface area contributed by atoms with Gasteiger partial charge in [0, 0.05) is 45.2 Å². The Bertz CT molecular complexity index is 759. The first-order valence-electron chi connectivity index (χ1n) is 9.80. The Labute approximate surface area is 159 Å². The normalized spacial score (nSPS) is 21.4. The van der Waals surface area contributed by atoms with Crippen LogP contribution < -0.4 is 5.32 Å². The van der Waals surface area contributed by atoms with E-state index in [2.05, 4.69) is 32.5 Å². The van der Waals surface area contributed by atoms with E-state index < -0.39 is 0 Å². The van der Waals surface area contributed by atoms with Crippen molar-refractivity contribution in [1.82, 2.24) is 25.3 Å². The standard InChI is InChI=1S/C20H27N5O2/c1-15-22-19(23-27-15)14-24-9-11-25(12-10-24)20(26)17-6-4-16(5-7-17)18-3-2-8-21-13-18/h4-7,18,21H,2-3,8-14H2,1H3. The van der Waals surface area contributed by atoms with Crippen LogP contribution in [0.25, 0.3) is 0 Å². The average Bonchev–Trinajstić information content (AvgIpc) is 3.13. The zero-order valence-electron chi connectivity index (χ0n) is 15.9. The molecule has 7 heteroatoms. The molecule has 27 heavy (non-hydrogen) atoms. The second kappa shape index (κ2) is 8.19. The molecule has 1 aromatic heterocycles. The number of aromatic nitrogens is 2. The summed E-state index contributed by atoms with van der Waals surface area (Å²) in [7, 11) is 0. The molecular formula is C20H27N5O2. The number of hydrogen-bond acceptors (Lipinski definition) is 6. The smallest absolute Gasteiger partial charge is 0.253 e. The molecule has 0 saturated carbocycles. The molecule has 2 saturated heterocycles. The molecule has 4 rings (SSSR count). The van der Waals surface area contributed by atoms with Crippen molar-refractivity contribution in [3.05, 3.63) is 47.1 Å². The van der Waals surface area contributed by atoms with Gasteiger partial charge in [-0.3, -0.25) is 9.69 Å². The molecule has 144 valence electrons. The Morgan fingerprint density at radius 3 is 2.63 bits per heavy atom. The van der Waals surface area contributed by atoms with Gasteiger partial charge < -0.3 is 14.7 Å². The van der Waals surface area contributed by atoms with Crippen LogP contribution in [0.1, 0.15) is 46.4 Å². The SMILES string of the molecule is Cc1nc(CN2CCN(C(=O)c3ccc(C4CCCNC4)cc3)CC2)no1. The average molecular weight is 369 g/mol. The number of piperazine rings is 1. The van der Waals surface area contributed by atoms with Gasteiger partial charge in [0.15, 0.2) is 5.82 Å². The van der Waals surface area contributed by atoms with E-state index in [0.29, 0.717) is 24.2 Å². The number of nitrogens with zero attached hydrogens (tertiary/aromatic N) is 4. The molecule has 0 aliphatic carbocycles. The first-order chi connectivity index (χ1) is 13.2. The van der Waals surface area contributed by atoms with Gasteiger partial charge in [-0.1, -0.05) is 17.3 Å². The van der Waals surface area contributed by atoms with Crippen LogP contribution in [0.15, 0.2) is 28.8 Å². The van der Waals surface area contributed by atoms with Crippen LogP contribution in [0.5, 0.6) is 0 Å². The molecule has 0 radical (unpaired) electrons. The van der Waals surface area contributed by atoms with Crippen molar-refractivity contribution < 1.29 is 9.32 Å². The lowest BCUT2D eigenvalue weighted by molar-refractivity contribution is 0.0624. The number of amides is 1. The summed E-state index contributed by atoms with van der Waals surface area (Å²) in [6.45, 7) is 7.72. The fraction of sp³-hybridized carbons (Fsp3) is 0.550. The third kappa shape index (κ3) is 4.36. The van der Waals surface area contributed by atoms with Crippen molar-refractivity contribution in [2.24, 2.45) is 0 Å². The number of benzene rings is 1. The lowest BCUT2D eigenvalue weighted by Gasteiger charge is -2.34. The lowest BCUT2D eigenvalue weighted by atomic mass is 9.91. The number of nitrogens with one attached hydrogen (secondary N) is 1. The van der Waals surface area contributed by atoms with Crippen molar-refractivity contribution in [3.63, 3.8) is 0 Å². The third-order valence-corrected chi connectivity index (χ3v) is 5.52. The highest BCUT2D eigenvalue weighted by molar-refractivity contribution is 5.94. The maximum atomic E-state index is 12.8. The number of hydrogen-bond donors (Lipinski definition) is 1. The van der Waals surface area contributed by atoms with E-state index in [9.17, 15) is 4.79 Å². The van der Waals surface area contributed by atoms with Crippen LogP contribution >= 0.6 is 0 Å². The molecule has 0 bridgehead atoms. The van der Waals surface area contributed by atoms with Crippen molar-refractivity contribution in [3.8, 4) is 0 Å². The van der Waals surface area contributed by atoms with Crippen LogP contribution in [0, 0.1) is 6.92 Å². The van der Waals surface area contributed by atoms with E-state index in [1.165, 1.54) is 18.4 Å². The summed E-state index contributed by atoms with van der Waals surface area (Å²) in [6, 6.07) is 8.22. The van der Waals surface area contributed by atoms with Crippen molar-refractivity contribution in [2.75, 3.05) is 39.3 Å². The van der Waals surface area contributed by atoms with Crippen LogP contribution in [0.4, 0.5) is 0 Å². The molecule has 2 fully saturated rings. The fourth-order valence-corrected chi connectivity index (χ4v) is 3.93. The predicted octanol–water partition coefficient (Wildman–Crippen LogP) is 1.80. The number of piperidine rings is 1. The summed E-state index contributed by atoms with van der Waals surface area (Å²) < 4.78 is 5.02. The number of aryl methyl sites for hydroxylation is 1. The lowest BCUT2D eigenvalue weighted by Crippen LogP contribution is -2.48. The quantitative estimate of drug-likeness (QED) is 0.886. The first kappa shape index (κ1) is 18.1. The summed E-state index contributed by atoms with van der Waals surface area (Å²) in [5.74, 6) is 1.99. The van der Waals surface area contributed by atoms with Crippen LogP contribution in [-0.4, -0.2) is 65.1 Å². The summed E-state index contributed by atoms with van der Waals surface area (Å²) in [5, 5.41) is 7.40. The van der Waals surface area contributed by atoms with Crippen molar-refractivity contribution >= 4 is 5.91 Å². The van der Waals surface area contributed by atoms with E-state index in [0.717, 1.165) is 44.8 Å². The zero-order chi connectivity index (χ0) is 18.6. The number of carbonyl (C=O) groups is 1. The van der Waals surface area contributed by atoms with Gasteiger partial charge in [0.2, 0.25) is 5.89 Å². The maximum Gasteiger partial charge on any atom is 0.253 e. The van der Waals surface area contributed by atoms with Crippen molar-refractivity contribution in [1.29, 1.82) is 0 Å². The highest BCUT2D eigenvalue weighted by atomic mass is 16.5. The van der Waals surface area contributed by atoms with Gasteiger partial charge in [0.1, 0.15) is 0 Å². The summed E-state index contributed by atoms with van der Waals surface area (Å²) in [4.78, 5) is 21.3. The first-order valence-corrected chi connectivity index (χ1v) is 9.80. The highest BCUT2D eigenvalue weighted by Gasteiger charge is 2.23. The third-order valence-electron chi connectivity index (χ3n) is 5.52. The van der Waals surface area contributed by atoms with Crippen LogP contribution in [0.3, 0.4) is 0 Å². The predicted molar refractivity (Wildman–Crippen MR) is 102 cm³/mol. The Kier molecular flexibility index (Phi) is 5.50. The van der Waals surface area contributed by atoms with Gasteiger partial charge in [-0.25, -0.2) is 0 Å². The monoisotopic (exact) mass is 369 g/mol. The largest absolute Gasteiger partial charge is 0.340 e. The minimum Gasteiger partial charge on any atom is -0.340 e. The molecule has 1 aromatic carbocycles. The van der Waals surface area contributed by atoms with E-state index in [1.54, 1.807) is 6.92 Å². The molecule has 2 aromatic rings. The summed E-state index contributed by atoms with van der Waals surface area (Å²) in [5.41, 5.74) is 2.11. The Hall–Kier alpha value is -2.25.